The van der Waals surface area contributed by atoms with Crippen molar-refractivity contribution in [1.29, 1.82) is 0 Å². The van der Waals surface area contributed by atoms with Crippen molar-refractivity contribution in [1.82, 2.24) is 0 Å². The number of anilines is 3. The highest BCUT2D eigenvalue weighted by Gasteiger charge is 2.22. The van der Waals surface area contributed by atoms with E-state index >= 15 is 0 Å². The molecule has 8 aromatic carbocycles. The van der Waals surface area contributed by atoms with Gasteiger partial charge in [-0.3, -0.25) is 0 Å². The number of para-hydroxylation sites is 1. The number of nitrogens with zero attached hydrogens (tertiary/aromatic N) is 1. The minimum atomic E-state index is -0.654. The molecule has 3 nitrogen and oxygen atoms in total. The second-order valence-electron chi connectivity index (χ2n) is 11.2. The fourth-order valence-electron chi connectivity index (χ4n) is 6.58. The minimum Gasteiger partial charge on any atom is -0.456 e. The summed E-state index contributed by atoms with van der Waals surface area (Å²) >= 11 is 0. The molecular formula is C44H27NO2. The van der Waals surface area contributed by atoms with Crippen LogP contribution in [-0.2, 0) is 0 Å². The third-order valence-electron chi connectivity index (χ3n) is 8.63. The van der Waals surface area contributed by atoms with Gasteiger partial charge in [-0.25, -0.2) is 0 Å². The summed E-state index contributed by atoms with van der Waals surface area (Å²) in [5.41, 5.74) is 1.91. The summed E-state index contributed by atoms with van der Waals surface area (Å²) in [7, 11) is 0. The maximum absolute atomic E-state index is 9.70. The normalized spacial score (nSPS) is 15.1. The van der Waals surface area contributed by atoms with E-state index in [9.17, 15) is 6.85 Å². The van der Waals surface area contributed by atoms with E-state index in [2.05, 4.69) is 0 Å². The SMILES string of the molecule is [2H]c1c([2H])c(N(c2c([2H])c([2H])c([2H])c3c([2H])c([2H])c([2H])c([2H])c23)c2cccc3oc4c5ccccc5ccc4c23)c([2H])c([2H])c1-c1cccc2oc3ccccc3c12. The van der Waals surface area contributed by atoms with Gasteiger partial charge in [0.15, 0.2) is 0 Å². The molecule has 0 aliphatic heterocycles. The van der Waals surface area contributed by atoms with E-state index in [1.165, 1.54) is 4.90 Å². The predicted octanol–water partition coefficient (Wildman–Crippen LogP) is 12.9. The quantitative estimate of drug-likeness (QED) is 0.198. The molecule has 0 N–H and O–H groups in total. The fourth-order valence-corrected chi connectivity index (χ4v) is 6.58. The minimum absolute atomic E-state index is 0.00477. The lowest BCUT2D eigenvalue weighted by Crippen LogP contribution is -2.10. The summed E-state index contributed by atoms with van der Waals surface area (Å²) in [6, 6.07) is 22.7. The third kappa shape index (κ3) is 3.93. The topological polar surface area (TPSA) is 29.5 Å². The van der Waals surface area contributed by atoms with Crippen LogP contribution in [0.1, 0.15) is 15.1 Å². The first kappa shape index (κ1) is 17.4. The molecule has 0 fully saturated rings. The van der Waals surface area contributed by atoms with Gasteiger partial charge in [-0.2, -0.15) is 0 Å². The highest BCUT2D eigenvalue weighted by Crippen LogP contribution is 2.46. The maximum atomic E-state index is 9.70. The molecule has 47 heavy (non-hydrogen) atoms. The number of benzene rings is 8. The standard InChI is InChI=1S/C44H27NO2/c1-3-13-32-28(10-1)12-7-17-37(32)45(38-18-9-21-41-43(38)36-27-24-29-11-2-4-14-34(29)44(36)47-41)31-25-22-30(23-26-31)33-16-8-20-40-42(33)35-15-5-6-19-39(35)46-40/h1-27H/i1D,3D,7D,10D,12D,13D,17D,22D,23D,25D,26D. The monoisotopic (exact) mass is 612 g/mol. The van der Waals surface area contributed by atoms with E-state index < -0.39 is 66.5 Å². The Morgan fingerprint density at radius 2 is 1.19 bits per heavy atom. The second-order valence-corrected chi connectivity index (χ2v) is 11.2. The Balaban J connectivity index is 1.38. The van der Waals surface area contributed by atoms with E-state index in [4.69, 9.17) is 17.1 Å². The molecular weight excluding hydrogens is 574 g/mol. The van der Waals surface area contributed by atoms with Crippen LogP contribution in [-0.4, -0.2) is 0 Å². The molecule has 0 aliphatic carbocycles. The Labute approximate surface area is 285 Å². The molecule has 0 radical (unpaired) electrons. The molecule has 0 amide bonds. The van der Waals surface area contributed by atoms with Crippen molar-refractivity contribution < 1.29 is 23.9 Å². The molecule has 0 unspecified atom stereocenters. The molecule has 0 atom stereocenters. The number of hydrogen-bond donors (Lipinski definition) is 0. The Morgan fingerprint density at radius 3 is 2.11 bits per heavy atom. The molecule has 0 saturated carbocycles. The second kappa shape index (κ2) is 10.1. The van der Waals surface area contributed by atoms with Crippen LogP contribution in [0, 0.1) is 0 Å². The Kier molecular flexibility index (Phi) is 3.74. The highest BCUT2D eigenvalue weighted by molar-refractivity contribution is 6.20. The lowest BCUT2D eigenvalue weighted by Gasteiger charge is -2.27. The van der Waals surface area contributed by atoms with Gasteiger partial charge in [0.25, 0.3) is 0 Å². The van der Waals surface area contributed by atoms with Gasteiger partial charge in [-0.15, -0.1) is 0 Å². The van der Waals surface area contributed by atoms with Gasteiger partial charge in [0.1, 0.15) is 22.3 Å². The van der Waals surface area contributed by atoms with E-state index in [-0.39, 0.29) is 33.4 Å². The van der Waals surface area contributed by atoms with Crippen LogP contribution in [0.15, 0.2) is 172 Å². The third-order valence-corrected chi connectivity index (χ3v) is 8.63. The van der Waals surface area contributed by atoms with Crippen LogP contribution in [0.5, 0.6) is 0 Å². The number of hydrogen-bond acceptors (Lipinski definition) is 3. The highest BCUT2D eigenvalue weighted by atomic mass is 16.3. The number of furan rings is 2. The van der Waals surface area contributed by atoms with Gasteiger partial charge < -0.3 is 13.7 Å². The van der Waals surface area contributed by atoms with Crippen molar-refractivity contribution in [2.75, 3.05) is 4.90 Å². The molecule has 0 spiro atoms. The van der Waals surface area contributed by atoms with E-state index in [0.717, 1.165) is 16.2 Å². The summed E-state index contributed by atoms with van der Waals surface area (Å²) in [6.45, 7) is 0. The summed E-state index contributed by atoms with van der Waals surface area (Å²) in [4.78, 5) is 1.27. The first-order valence-corrected chi connectivity index (χ1v) is 15.0. The fraction of sp³-hybridized carbons (Fsp3) is 0. The first-order chi connectivity index (χ1) is 27.9. The lowest BCUT2D eigenvalue weighted by molar-refractivity contribution is 0.669. The Hall–Kier alpha value is -6.32. The van der Waals surface area contributed by atoms with Gasteiger partial charge in [-0.05, 0) is 70.4 Å². The van der Waals surface area contributed by atoms with Crippen LogP contribution < -0.4 is 4.90 Å². The van der Waals surface area contributed by atoms with E-state index in [0.29, 0.717) is 44.1 Å². The Bertz CT molecular complexity index is 3410. The zero-order chi connectivity index (χ0) is 40.5. The van der Waals surface area contributed by atoms with Crippen LogP contribution in [0.3, 0.4) is 0 Å². The summed E-state index contributed by atoms with van der Waals surface area (Å²) in [6.07, 6.45) is 0. The lowest BCUT2D eigenvalue weighted by atomic mass is 9.98. The van der Waals surface area contributed by atoms with Gasteiger partial charge in [0.2, 0.25) is 0 Å². The number of fused-ring (bicyclic) bond motifs is 9. The molecule has 220 valence electrons. The van der Waals surface area contributed by atoms with Crippen molar-refractivity contribution in [3.8, 4) is 11.1 Å². The average molecular weight is 613 g/mol. The predicted molar refractivity (Wildman–Crippen MR) is 196 cm³/mol. The smallest absolute Gasteiger partial charge is 0.143 e. The molecule has 0 saturated heterocycles. The summed E-state index contributed by atoms with van der Waals surface area (Å²) in [5, 5.41) is 3.48. The zero-order valence-electron chi connectivity index (χ0n) is 35.5. The van der Waals surface area contributed by atoms with Gasteiger partial charge >= 0.3 is 0 Å². The number of rotatable bonds is 4. The largest absolute Gasteiger partial charge is 0.456 e. The van der Waals surface area contributed by atoms with Crippen molar-refractivity contribution in [3.63, 3.8) is 0 Å². The van der Waals surface area contributed by atoms with Crippen molar-refractivity contribution in [2.45, 2.75) is 0 Å². The van der Waals surface area contributed by atoms with Crippen molar-refractivity contribution >= 4 is 82.5 Å². The summed E-state index contributed by atoms with van der Waals surface area (Å²) in [5.74, 6) is 0. The molecule has 0 aliphatic rings. The van der Waals surface area contributed by atoms with Crippen LogP contribution in [0.4, 0.5) is 17.1 Å². The van der Waals surface area contributed by atoms with E-state index in [1.54, 1.807) is 42.5 Å². The van der Waals surface area contributed by atoms with Gasteiger partial charge in [0, 0.05) is 32.6 Å². The Morgan fingerprint density at radius 1 is 0.447 bits per heavy atom. The van der Waals surface area contributed by atoms with Gasteiger partial charge in [-0.1, -0.05) is 115 Å². The molecule has 2 heterocycles. The molecule has 0 bridgehead atoms. The molecule has 10 aromatic rings. The van der Waals surface area contributed by atoms with Crippen LogP contribution in [0.25, 0.3) is 76.5 Å². The zero-order valence-corrected chi connectivity index (χ0v) is 24.5. The van der Waals surface area contributed by atoms with Gasteiger partial charge in [0.05, 0.1) is 31.8 Å². The average Bonchev–Trinajstić information content (AvgIpc) is 3.82. The summed E-state index contributed by atoms with van der Waals surface area (Å²) < 4.78 is 113. The molecule has 3 heteroatoms. The molecule has 2 aromatic heterocycles. The maximum Gasteiger partial charge on any atom is 0.143 e. The van der Waals surface area contributed by atoms with Crippen molar-refractivity contribution in [3.05, 3.63) is 164 Å². The van der Waals surface area contributed by atoms with E-state index in [1.807, 2.05) is 54.6 Å². The van der Waals surface area contributed by atoms with Crippen LogP contribution >= 0.6 is 0 Å². The molecule has 10 rings (SSSR count). The van der Waals surface area contributed by atoms with Crippen molar-refractivity contribution in [2.24, 2.45) is 0 Å². The van der Waals surface area contributed by atoms with Crippen LogP contribution in [0.2, 0.25) is 0 Å². The first-order valence-electron chi connectivity index (χ1n) is 20.5.